The summed E-state index contributed by atoms with van der Waals surface area (Å²) in [6.45, 7) is 4.93. The molecule has 0 aromatic heterocycles. The van der Waals surface area contributed by atoms with Gasteiger partial charge in [0.25, 0.3) is 5.91 Å². The van der Waals surface area contributed by atoms with Crippen molar-refractivity contribution in [3.8, 4) is 0 Å². The van der Waals surface area contributed by atoms with Crippen molar-refractivity contribution in [2.75, 3.05) is 24.7 Å². The van der Waals surface area contributed by atoms with Gasteiger partial charge in [-0.3, -0.25) is 19.2 Å². The molecule has 1 aromatic rings. The number of methoxy groups -OCH3 is 1. The van der Waals surface area contributed by atoms with Gasteiger partial charge in [0.1, 0.15) is 12.6 Å². The lowest BCUT2D eigenvalue weighted by Gasteiger charge is -2.31. The number of nitrogen functional groups attached to an aromatic ring is 1. The van der Waals surface area contributed by atoms with Gasteiger partial charge in [0.2, 0.25) is 11.8 Å². The zero-order chi connectivity index (χ0) is 21.0. The van der Waals surface area contributed by atoms with Crippen LogP contribution >= 0.6 is 0 Å². The lowest BCUT2D eigenvalue weighted by Crippen LogP contribution is -2.52. The van der Waals surface area contributed by atoms with E-state index < -0.39 is 29.9 Å². The van der Waals surface area contributed by atoms with Gasteiger partial charge in [-0.2, -0.15) is 0 Å². The van der Waals surface area contributed by atoms with E-state index in [0.29, 0.717) is 11.4 Å². The first-order valence-electron chi connectivity index (χ1n) is 9.01. The number of nitrogens with two attached hydrogens (primary N) is 1. The van der Waals surface area contributed by atoms with Crippen LogP contribution in [0.1, 0.15) is 37.6 Å². The Morgan fingerprint density at radius 1 is 1.29 bits per heavy atom. The standard InChI is InChI=1S/C19H26N4O5/c1-10(2)17-18(26)22-14-6-5-12(20)8-13(14)19(27)23(17)9-15(24)21-11(3)7-16(25)28-4/h5-6,8,10-11,17H,7,9,20H2,1-4H3,(H,21,24)(H,22,26)/t11?,17-/m0/s1. The minimum atomic E-state index is -0.831. The topological polar surface area (TPSA) is 131 Å². The molecule has 152 valence electrons. The van der Waals surface area contributed by atoms with E-state index in [9.17, 15) is 19.2 Å². The Labute approximate surface area is 163 Å². The van der Waals surface area contributed by atoms with Gasteiger partial charge in [-0.25, -0.2) is 0 Å². The second-order valence-corrected chi connectivity index (χ2v) is 7.16. The minimum Gasteiger partial charge on any atom is -0.469 e. The summed E-state index contributed by atoms with van der Waals surface area (Å²) in [4.78, 5) is 50.9. The van der Waals surface area contributed by atoms with Crippen LogP contribution in [0.5, 0.6) is 0 Å². The first-order chi connectivity index (χ1) is 13.1. The highest BCUT2D eigenvalue weighted by Gasteiger charge is 2.38. The molecule has 3 amide bonds. The highest BCUT2D eigenvalue weighted by atomic mass is 16.5. The van der Waals surface area contributed by atoms with Crippen molar-refractivity contribution < 1.29 is 23.9 Å². The van der Waals surface area contributed by atoms with E-state index in [2.05, 4.69) is 15.4 Å². The number of rotatable bonds is 6. The molecule has 0 saturated carbocycles. The highest BCUT2D eigenvalue weighted by Crippen LogP contribution is 2.27. The lowest BCUT2D eigenvalue weighted by molar-refractivity contribution is -0.141. The molecule has 1 unspecified atom stereocenters. The van der Waals surface area contributed by atoms with Crippen LogP contribution in [0.3, 0.4) is 0 Å². The van der Waals surface area contributed by atoms with Gasteiger partial charge in [-0.15, -0.1) is 0 Å². The molecule has 0 radical (unpaired) electrons. The molecule has 1 heterocycles. The molecule has 0 bridgehead atoms. The first kappa shape index (κ1) is 21.2. The monoisotopic (exact) mass is 390 g/mol. The quantitative estimate of drug-likeness (QED) is 0.485. The largest absolute Gasteiger partial charge is 0.469 e. The summed E-state index contributed by atoms with van der Waals surface area (Å²) in [7, 11) is 1.27. The molecule has 0 saturated heterocycles. The number of nitrogens with one attached hydrogen (secondary N) is 2. The zero-order valence-corrected chi connectivity index (χ0v) is 16.4. The molecule has 1 aromatic carbocycles. The van der Waals surface area contributed by atoms with Gasteiger partial charge in [-0.05, 0) is 31.0 Å². The third-order valence-corrected chi connectivity index (χ3v) is 4.45. The van der Waals surface area contributed by atoms with Gasteiger partial charge in [0.15, 0.2) is 0 Å². The number of esters is 1. The third-order valence-electron chi connectivity index (χ3n) is 4.45. The van der Waals surface area contributed by atoms with E-state index >= 15 is 0 Å². The maximum absolute atomic E-state index is 13.1. The summed E-state index contributed by atoms with van der Waals surface area (Å²) in [5.41, 5.74) is 6.75. The number of hydrogen-bond donors (Lipinski definition) is 3. The molecule has 1 aliphatic heterocycles. The summed E-state index contributed by atoms with van der Waals surface area (Å²) >= 11 is 0. The Bertz CT molecular complexity index is 793. The average Bonchev–Trinajstić information content (AvgIpc) is 2.70. The number of nitrogens with zero attached hydrogens (tertiary/aromatic N) is 1. The number of amides is 3. The number of anilines is 2. The molecule has 2 atom stereocenters. The van der Waals surface area contributed by atoms with Crippen molar-refractivity contribution in [2.45, 2.75) is 39.3 Å². The lowest BCUT2D eigenvalue weighted by atomic mass is 10.0. The Morgan fingerprint density at radius 3 is 2.57 bits per heavy atom. The van der Waals surface area contributed by atoms with Crippen molar-refractivity contribution in [1.82, 2.24) is 10.2 Å². The maximum Gasteiger partial charge on any atom is 0.307 e. The van der Waals surface area contributed by atoms with Crippen LogP contribution in [-0.4, -0.2) is 54.3 Å². The van der Waals surface area contributed by atoms with E-state index in [4.69, 9.17) is 5.73 Å². The van der Waals surface area contributed by atoms with Gasteiger partial charge >= 0.3 is 5.97 Å². The maximum atomic E-state index is 13.1. The van der Waals surface area contributed by atoms with Crippen molar-refractivity contribution in [3.05, 3.63) is 23.8 Å². The van der Waals surface area contributed by atoms with Crippen LogP contribution in [0.2, 0.25) is 0 Å². The third kappa shape index (κ3) is 4.79. The zero-order valence-electron chi connectivity index (χ0n) is 16.4. The fourth-order valence-electron chi connectivity index (χ4n) is 3.17. The number of ether oxygens (including phenoxy) is 1. The molecule has 1 aliphatic rings. The first-order valence-corrected chi connectivity index (χ1v) is 9.01. The van der Waals surface area contributed by atoms with E-state index in [1.165, 1.54) is 18.1 Å². The van der Waals surface area contributed by atoms with Crippen LogP contribution in [0.25, 0.3) is 0 Å². The van der Waals surface area contributed by atoms with Gasteiger partial charge in [0, 0.05) is 11.7 Å². The molecular formula is C19H26N4O5. The number of fused-ring (bicyclic) bond motifs is 1. The summed E-state index contributed by atoms with van der Waals surface area (Å²) in [5.74, 6) is -1.99. The molecule has 0 fully saturated rings. The van der Waals surface area contributed by atoms with Gasteiger partial charge in [-0.1, -0.05) is 13.8 Å². The van der Waals surface area contributed by atoms with Crippen molar-refractivity contribution in [1.29, 1.82) is 0 Å². The van der Waals surface area contributed by atoms with E-state index in [0.717, 1.165) is 0 Å². The van der Waals surface area contributed by atoms with Gasteiger partial charge in [0.05, 0.1) is 24.8 Å². The van der Waals surface area contributed by atoms with E-state index in [1.54, 1.807) is 32.9 Å². The molecule has 28 heavy (non-hydrogen) atoms. The Kier molecular flexibility index (Phi) is 6.61. The van der Waals surface area contributed by atoms with Crippen molar-refractivity contribution in [2.24, 2.45) is 5.92 Å². The number of hydrogen-bond acceptors (Lipinski definition) is 6. The fourth-order valence-corrected chi connectivity index (χ4v) is 3.17. The fraction of sp³-hybridized carbons (Fsp3) is 0.474. The number of benzene rings is 1. The second-order valence-electron chi connectivity index (χ2n) is 7.16. The normalized spacial score (nSPS) is 17.5. The van der Waals surface area contributed by atoms with Crippen LogP contribution < -0.4 is 16.4 Å². The summed E-state index contributed by atoms with van der Waals surface area (Å²) in [6.07, 6.45) is 0.00362. The summed E-state index contributed by atoms with van der Waals surface area (Å²) in [5, 5.41) is 5.39. The second kappa shape index (κ2) is 8.73. The molecule has 4 N–H and O–H groups in total. The molecule has 0 spiro atoms. The smallest absolute Gasteiger partial charge is 0.307 e. The summed E-state index contributed by atoms with van der Waals surface area (Å²) in [6, 6.07) is 3.33. The van der Waals surface area contributed by atoms with Gasteiger partial charge < -0.3 is 26.0 Å². The number of carbonyl (C=O) groups excluding carboxylic acids is 4. The summed E-state index contributed by atoms with van der Waals surface area (Å²) < 4.78 is 4.58. The molecule has 9 heteroatoms. The van der Waals surface area contributed by atoms with E-state index in [1.807, 2.05) is 0 Å². The molecule has 9 nitrogen and oxygen atoms in total. The minimum absolute atomic E-state index is 0.00362. The van der Waals surface area contributed by atoms with Crippen molar-refractivity contribution >= 4 is 35.1 Å². The number of carbonyl (C=O) groups is 4. The molecule has 2 rings (SSSR count). The SMILES string of the molecule is COC(=O)CC(C)NC(=O)CN1C(=O)c2cc(N)ccc2NC(=O)[C@@H]1C(C)C. The van der Waals surface area contributed by atoms with E-state index in [-0.39, 0.29) is 30.4 Å². The molecular weight excluding hydrogens is 364 g/mol. The highest BCUT2D eigenvalue weighted by molar-refractivity contribution is 6.11. The Morgan fingerprint density at radius 2 is 1.96 bits per heavy atom. The Balaban J connectivity index is 2.27. The molecule has 0 aliphatic carbocycles. The predicted molar refractivity (Wildman–Crippen MR) is 103 cm³/mol. The van der Waals surface area contributed by atoms with Crippen molar-refractivity contribution in [3.63, 3.8) is 0 Å². The average molecular weight is 390 g/mol. The Hall–Kier alpha value is -3.10. The van der Waals surface area contributed by atoms with Crippen LogP contribution in [0, 0.1) is 5.92 Å². The predicted octanol–water partition coefficient (Wildman–Crippen LogP) is 0.756. The van der Waals surface area contributed by atoms with Crippen LogP contribution in [0.15, 0.2) is 18.2 Å². The van der Waals surface area contributed by atoms with Crippen LogP contribution in [0.4, 0.5) is 11.4 Å². The van der Waals surface area contributed by atoms with Crippen LogP contribution in [-0.2, 0) is 19.1 Å².